The van der Waals surface area contributed by atoms with Gasteiger partial charge in [-0.15, -0.1) is 0 Å². The normalized spacial score (nSPS) is 10.2. The van der Waals surface area contributed by atoms with Gasteiger partial charge in [-0.25, -0.2) is 4.39 Å². The first-order chi connectivity index (χ1) is 11.1. The van der Waals surface area contributed by atoms with Gasteiger partial charge in [-0.1, -0.05) is 12.1 Å². The van der Waals surface area contributed by atoms with E-state index in [0.717, 1.165) is 11.3 Å². The topological polar surface area (TPSA) is 47.6 Å². The van der Waals surface area contributed by atoms with Gasteiger partial charge in [-0.05, 0) is 43.2 Å². The summed E-state index contributed by atoms with van der Waals surface area (Å²) in [6, 6.07) is 11.6. The van der Waals surface area contributed by atoms with Gasteiger partial charge in [0.15, 0.2) is 0 Å². The van der Waals surface area contributed by atoms with Crippen molar-refractivity contribution in [2.75, 3.05) is 19.0 Å². The van der Waals surface area contributed by atoms with Crippen LogP contribution in [-0.4, -0.2) is 19.6 Å². The summed E-state index contributed by atoms with van der Waals surface area (Å²) >= 11 is 0. The number of ether oxygens (including phenoxy) is 2. The number of carbonyl (C=O) groups excluding carboxylic acids is 1. The highest BCUT2D eigenvalue weighted by Crippen LogP contribution is 2.25. The molecule has 0 saturated carbocycles. The van der Waals surface area contributed by atoms with E-state index < -0.39 is 5.82 Å². The molecule has 122 valence electrons. The van der Waals surface area contributed by atoms with Crippen molar-refractivity contribution < 1.29 is 18.7 Å². The van der Waals surface area contributed by atoms with Crippen molar-refractivity contribution in [2.24, 2.45) is 0 Å². The Morgan fingerprint density at radius 1 is 1.22 bits per heavy atom. The monoisotopic (exact) mass is 317 g/mol. The minimum absolute atomic E-state index is 0.152. The number of methoxy groups -OCH3 is 1. The number of hydrogen-bond acceptors (Lipinski definition) is 3. The Bertz CT molecular complexity index is 673. The average Bonchev–Trinajstić information content (AvgIpc) is 2.56. The number of carbonyl (C=O) groups is 1. The first-order valence-electron chi connectivity index (χ1n) is 7.47. The number of aryl methyl sites for hydroxylation is 1. The third-order valence-corrected chi connectivity index (χ3v) is 3.29. The van der Waals surface area contributed by atoms with Crippen LogP contribution in [-0.2, 0) is 11.2 Å². The molecule has 23 heavy (non-hydrogen) atoms. The largest absolute Gasteiger partial charge is 0.497 e. The van der Waals surface area contributed by atoms with Crippen LogP contribution in [0.5, 0.6) is 11.5 Å². The lowest BCUT2D eigenvalue weighted by Crippen LogP contribution is -2.13. The second kappa shape index (κ2) is 8.17. The highest BCUT2D eigenvalue weighted by molar-refractivity contribution is 5.92. The van der Waals surface area contributed by atoms with Crippen LogP contribution >= 0.6 is 0 Å². The van der Waals surface area contributed by atoms with Crippen molar-refractivity contribution in [2.45, 2.75) is 19.8 Å². The highest BCUT2D eigenvalue weighted by Gasteiger charge is 2.09. The van der Waals surface area contributed by atoms with Gasteiger partial charge in [0.25, 0.3) is 0 Å². The van der Waals surface area contributed by atoms with Crippen LogP contribution < -0.4 is 14.8 Å². The zero-order valence-corrected chi connectivity index (χ0v) is 13.3. The molecule has 0 saturated heterocycles. The molecule has 5 heteroatoms. The zero-order valence-electron chi connectivity index (χ0n) is 13.3. The summed E-state index contributed by atoms with van der Waals surface area (Å²) in [5.41, 5.74) is 1.49. The van der Waals surface area contributed by atoms with Crippen LogP contribution in [0.3, 0.4) is 0 Å². The predicted octanol–water partition coefficient (Wildman–Crippen LogP) is 3.80. The summed E-state index contributed by atoms with van der Waals surface area (Å²) in [4.78, 5) is 12.1. The van der Waals surface area contributed by atoms with Crippen LogP contribution in [0.25, 0.3) is 0 Å². The van der Waals surface area contributed by atoms with E-state index in [2.05, 4.69) is 5.32 Å². The van der Waals surface area contributed by atoms with E-state index >= 15 is 0 Å². The molecule has 1 N–H and O–H groups in total. The highest BCUT2D eigenvalue weighted by atomic mass is 19.1. The van der Waals surface area contributed by atoms with E-state index in [1.165, 1.54) is 18.2 Å². The molecule has 0 aliphatic heterocycles. The number of nitrogens with one attached hydrogen (secondary N) is 1. The number of anilines is 1. The summed E-state index contributed by atoms with van der Waals surface area (Å²) in [5.74, 6) is 0.547. The molecule has 0 aliphatic rings. The molecular formula is C18H20FNO3. The van der Waals surface area contributed by atoms with Crippen LogP contribution in [0, 0.1) is 5.82 Å². The minimum Gasteiger partial charge on any atom is -0.497 e. The number of benzene rings is 2. The summed E-state index contributed by atoms with van der Waals surface area (Å²) in [6.45, 7) is 2.20. The van der Waals surface area contributed by atoms with Gasteiger partial charge >= 0.3 is 0 Å². The summed E-state index contributed by atoms with van der Waals surface area (Å²) in [6.07, 6.45) is 0.907. The molecule has 2 aromatic carbocycles. The molecule has 0 aliphatic carbocycles. The van der Waals surface area contributed by atoms with Crippen LogP contribution in [0.1, 0.15) is 18.9 Å². The average molecular weight is 317 g/mol. The van der Waals surface area contributed by atoms with E-state index in [1.807, 2.05) is 24.3 Å². The van der Waals surface area contributed by atoms with Gasteiger partial charge in [0.1, 0.15) is 17.3 Å². The van der Waals surface area contributed by atoms with E-state index in [9.17, 15) is 9.18 Å². The molecular weight excluding hydrogens is 297 g/mol. The molecule has 0 unspecified atom stereocenters. The third-order valence-electron chi connectivity index (χ3n) is 3.29. The third kappa shape index (κ3) is 4.98. The van der Waals surface area contributed by atoms with Crippen LogP contribution in [0.15, 0.2) is 42.5 Å². The van der Waals surface area contributed by atoms with Crippen LogP contribution in [0.2, 0.25) is 0 Å². The predicted molar refractivity (Wildman–Crippen MR) is 87.5 cm³/mol. The molecule has 0 atom stereocenters. The minimum atomic E-state index is -0.400. The Morgan fingerprint density at radius 3 is 2.78 bits per heavy atom. The molecule has 2 aromatic rings. The molecule has 0 spiro atoms. The Morgan fingerprint density at radius 2 is 2.04 bits per heavy atom. The lowest BCUT2D eigenvalue weighted by Gasteiger charge is -2.11. The fraction of sp³-hybridized carbons (Fsp3) is 0.278. The van der Waals surface area contributed by atoms with Crippen molar-refractivity contribution in [3.8, 4) is 11.5 Å². The molecule has 0 heterocycles. The van der Waals surface area contributed by atoms with Crippen molar-refractivity contribution in [1.82, 2.24) is 0 Å². The Balaban J connectivity index is 1.96. The zero-order chi connectivity index (χ0) is 16.7. The smallest absolute Gasteiger partial charge is 0.224 e. The van der Waals surface area contributed by atoms with Gasteiger partial charge in [-0.3, -0.25) is 4.79 Å². The second-order valence-corrected chi connectivity index (χ2v) is 4.97. The molecule has 0 fully saturated rings. The summed E-state index contributed by atoms with van der Waals surface area (Å²) in [7, 11) is 1.61. The molecule has 0 aromatic heterocycles. The van der Waals surface area contributed by atoms with E-state index in [0.29, 0.717) is 30.9 Å². The number of halogens is 1. The maximum absolute atomic E-state index is 13.2. The Kier molecular flexibility index (Phi) is 5.97. The molecule has 1 amide bonds. The van der Waals surface area contributed by atoms with Gasteiger partial charge < -0.3 is 14.8 Å². The molecule has 2 rings (SSSR count). The number of amides is 1. The summed E-state index contributed by atoms with van der Waals surface area (Å²) < 4.78 is 23.7. The Hall–Kier alpha value is -2.56. The lowest BCUT2D eigenvalue weighted by atomic mass is 10.1. The first-order valence-corrected chi connectivity index (χ1v) is 7.47. The van der Waals surface area contributed by atoms with Gasteiger partial charge in [0.05, 0.1) is 19.4 Å². The fourth-order valence-corrected chi connectivity index (χ4v) is 2.17. The standard InChI is InChI=1S/C18H20FNO3/c1-3-23-17-12-14(19)8-9-16(17)20-18(21)10-7-13-5-4-6-15(11-13)22-2/h4-6,8-9,11-12H,3,7,10H2,1-2H3,(H,20,21). The SMILES string of the molecule is CCOc1cc(F)ccc1NC(=O)CCc1cccc(OC)c1. The molecule has 4 nitrogen and oxygen atoms in total. The van der Waals surface area contributed by atoms with Crippen molar-refractivity contribution in [1.29, 1.82) is 0 Å². The lowest BCUT2D eigenvalue weighted by molar-refractivity contribution is -0.116. The van der Waals surface area contributed by atoms with E-state index in [-0.39, 0.29) is 5.91 Å². The second-order valence-electron chi connectivity index (χ2n) is 4.97. The van der Waals surface area contributed by atoms with Crippen molar-refractivity contribution in [3.05, 3.63) is 53.8 Å². The first kappa shape index (κ1) is 16.8. The molecule has 0 bridgehead atoms. The van der Waals surface area contributed by atoms with E-state index in [4.69, 9.17) is 9.47 Å². The van der Waals surface area contributed by atoms with Gasteiger partial charge in [-0.2, -0.15) is 0 Å². The molecule has 0 radical (unpaired) electrons. The van der Waals surface area contributed by atoms with Gasteiger partial charge in [0.2, 0.25) is 5.91 Å². The Labute approximate surface area is 135 Å². The maximum atomic E-state index is 13.2. The number of hydrogen-bond donors (Lipinski definition) is 1. The fourth-order valence-electron chi connectivity index (χ4n) is 2.17. The summed E-state index contributed by atoms with van der Waals surface area (Å²) in [5, 5.41) is 2.76. The number of rotatable bonds is 7. The van der Waals surface area contributed by atoms with Crippen molar-refractivity contribution in [3.63, 3.8) is 0 Å². The van der Waals surface area contributed by atoms with Crippen molar-refractivity contribution >= 4 is 11.6 Å². The quantitative estimate of drug-likeness (QED) is 0.845. The van der Waals surface area contributed by atoms with E-state index in [1.54, 1.807) is 14.0 Å². The maximum Gasteiger partial charge on any atom is 0.224 e. The van der Waals surface area contributed by atoms with Gasteiger partial charge in [0, 0.05) is 12.5 Å². The van der Waals surface area contributed by atoms with Crippen LogP contribution in [0.4, 0.5) is 10.1 Å².